The van der Waals surface area contributed by atoms with Crippen LogP contribution in [0.5, 0.6) is 0 Å². The quantitative estimate of drug-likeness (QED) is 0.124. The van der Waals surface area contributed by atoms with Gasteiger partial charge in [0, 0.05) is 0 Å². The van der Waals surface area contributed by atoms with Crippen molar-refractivity contribution in [2.45, 2.75) is 0 Å². The van der Waals surface area contributed by atoms with Crippen molar-refractivity contribution in [3.63, 3.8) is 0 Å². The van der Waals surface area contributed by atoms with Crippen LogP contribution in [0.4, 0.5) is 0 Å². The Kier molecular flexibility index (Phi) is 14.4. The van der Waals surface area contributed by atoms with Gasteiger partial charge in [-0.25, -0.2) is 0 Å². The molecule has 0 nitrogen and oxygen atoms in total. The van der Waals surface area contributed by atoms with Crippen LogP contribution in [0.25, 0.3) is 0 Å². The molecule has 52 heavy (non-hydrogen) atoms. The Morgan fingerprint density at radius 1 is 0.173 bits per heavy atom. The fraction of sp³-hybridized carbons (Fsp3) is 0. The van der Waals surface area contributed by atoms with E-state index in [1.54, 1.807) is 0 Å². The first-order valence-corrected chi connectivity index (χ1v) is 17.6. The van der Waals surface area contributed by atoms with Crippen LogP contribution in [0.3, 0.4) is 0 Å². The molecule has 0 bridgehead atoms. The molecule has 0 atom stereocenters. The van der Waals surface area contributed by atoms with Gasteiger partial charge in [-0.3, -0.25) is 0 Å². The number of rotatable bonds is 8. The molecule has 0 spiro atoms. The molecule has 8 aromatic carbocycles. The molecule has 0 heterocycles. The van der Waals surface area contributed by atoms with Gasteiger partial charge in [-0.2, -0.15) is 43.7 Å². The summed E-state index contributed by atoms with van der Waals surface area (Å²) in [4.78, 5) is 0. The second-order valence-electron chi connectivity index (χ2n) is 13.0. The SMILES string of the molecule is I.[Ca+2].c1ccc([B-](c2ccccc2)(c2ccccc2)c2ccccc2)cc1.c1ccc([B-](c2ccccc2)(c2ccccc2)c2ccccc2)cc1. The molecular weight excluding hydrogens is 765 g/mol. The molecule has 0 fully saturated rings. The normalized spacial score (nSPS) is 10.8. The third-order valence-corrected chi connectivity index (χ3v) is 10.4. The van der Waals surface area contributed by atoms with E-state index in [2.05, 4.69) is 243 Å². The van der Waals surface area contributed by atoms with Crippen LogP contribution in [-0.4, -0.2) is 50.0 Å². The van der Waals surface area contributed by atoms with E-state index < -0.39 is 12.3 Å². The first kappa shape index (κ1) is 39.1. The van der Waals surface area contributed by atoms with Gasteiger partial charge in [0.2, 0.25) is 0 Å². The van der Waals surface area contributed by atoms with E-state index in [0.29, 0.717) is 0 Å². The van der Waals surface area contributed by atoms with Crippen molar-refractivity contribution < 1.29 is 0 Å². The molecule has 0 saturated heterocycles. The Labute approximate surface area is 356 Å². The van der Waals surface area contributed by atoms with Crippen molar-refractivity contribution >= 4 is 118 Å². The van der Waals surface area contributed by atoms with Crippen molar-refractivity contribution in [1.82, 2.24) is 0 Å². The Bertz CT molecular complexity index is 1680. The van der Waals surface area contributed by atoms with Gasteiger partial charge in [-0.1, -0.05) is 243 Å². The Hall–Kier alpha value is -4.12. The van der Waals surface area contributed by atoms with Crippen LogP contribution in [0.1, 0.15) is 0 Å². The van der Waals surface area contributed by atoms with Gasteiger partial charge in [0.25, 0.3) is 0 Å². The number of benzene rings is 8. The molecule has 0 saturated carbocycles. The van der Waals surface area contributed by atoms with E-state index in [4.69, 9.17) is 0 Å². The standard InChI is InChI=1S/2C24H20B.Ca.HI/c2*1-5-13-21(14-6-1)25(22-15-7-2-8-16-22,23-17-9-3-10-18-23)24-19-11-4-12-20-24;;/h2*1-20H;;1H/q2*-1;+2;. The third kappa shape index (κ3) is 7.94. The van der Waals surface area contributed by atoms with Crippen LogP contribution in [0.2, 0.25) is 0 Å². The minimum absolute atomic E-state index is 0. The molecule has 248 valence electrons. The molecule has 0 aliphatic rings. The van der Waals surface area contributed by atoms with Gasteiger partial charge < -0.3 is 0 Å². The summed E-state index contributed by atoms with van der Waals surface area (Å²) in [5.41, 5.74) is 10.7. The molecule has 0 aliphatic heterocycles. The van der Waals surface area contributed by atoms with Crippen molar-refractivity contribution in [2.75, 3.05) is 0 Å². The van der Waals surface area contributed by atoms with E-state index in [0.717, 1.165) is 0 Å². The molecule has 8 rings (SSSR count). The van der Waals surface area contributed by atoms with E-state index >= 15 is 0 Å². The molecule has 8 aromatic rings. The van der Waals surface area contributed by atoms with E-state index in [1.165, 1.54) is 43.7 Å². The van der Waals surface area contributed by atoms with Crippen molar-refractivity contribution in [1.29, 1.82) is 0 Å². The summed E-state index contributed by atoms with van der Waals surface area (Å²) < 4.78 is 0. The second kappa shape index (κ2) is 19.1. The average Bonchev–Trinajstić information content (AvgIpc) is 3.22. The maximum absolute atomic E-state index is 2.26. The van der Waals surface area contributed by atoms with Crippen LogP contribution < -0.4 is 43.7 Å². The van der Waals surface area contributed by atoms with Crippen LogP contribution in [-0.2, 0) is 0 Å². The van der Waals surface area contributed by atoms with Gasteiger partial charge in [0.05, 0.1) is 0 Å². The number of hydrogen-bond acceptors (Lipinski definition) is 0. The summed E-state index contributed by atoms with van der Waals surface area (Å²) in [6, 6.07) is 87.1. The zero-order chi connectivity index (χ0) is 33.9. The summed E-state index contributed by atoms with van der Waals surface area (Å²) in [7, 11) is 0. The fourth-order valence-corrected chi connectivity index (χ4v) is 8.24. The predicted octanol–water partition coefficient (Wildman–Crippen LogP) is 6.37. The summed E-state index contributed by atoms with van der Waals surface area (Å²) in [5, 5.41) is 0. The molecule has 0 unspecified atom stereocenters. The molecule has 0 amide bonds. The van der Waals surface area contributed by atoms with Crippen LogP contribution in [0.15, 0.2) is 243 Å². The Morgan fingerprint density at radius 3 is 0.365 bits per heavy atom. The first-order chi connectivity index (χ1) is 24.8. The zero-order valence-electron chi connectivity index (χ0n) is 29.4. The Morgan fingerprint density at radius 2 is 0.269 bits per heavy atom. The first-order valence-electron chi connectivity index (χ1n) is 17.6. The average molecular weight is 806 g/mol. The summed E-state index contributed by atoms with van der Waals surface area (Å²) in [5.74, 6) is 0. The summed E-state index contributed by atoms with van der Waals surface area (Å²) >= 11 is 0. The smallest absolute Gasteiger partial charge is 0.195 e. The minimum atomic E-state index is -1.22. The third-order valence-electron chi connectivity index (χ3n) is 10.4. The number of hydrogen-bond donors (Lipinski definition) is 0. The summed E-state index contributed by atoms with van der Waals surface area (Å²) in [6.45, 7) is 0. The van der Waals surface area contributed by atoms with Gasteiger partial charge in [-0.15, -0.1) is 24.0 Å². The van der Waals surface area contributed by atoms with Gasteiger partial charge in [0.15, 0.2) is 0 Å². The predicted molar refractivity (Wildman–Crippen MR) is 241 cm³/mol. The molecule has 0 N–H and O–H groups in total. The van der Waals surface area contributed by atoms with E-state index in [-0.39, 0.29) is 61.7 Å². The Balaban J connectivity index is 0.000000194. The minimum Gasteiger partial charge on any atom is -0.195 e. The van der Waals surface area contributed by atoms with Crippen LogP contribution >= 0.6 is 24.0 Å². The van der Waals surface area contributed by atoms with Crippen molar-refractivity contribution in [2.24, 2.45) is 0 Å². The molecule has 0 aliphatic carbocycles. The monoisotopic (exact) mass is 806 g/mol. The van der Waals surface area contributed by atoms with E-state index in [1.807, 2.05) is 0 Å². The van der Waals surface area contributed by atoms with E-state index in [9.17, 15) is 0 Å². The van der Waals surface area contributed by atoms with Crippen LogP contribution in [0, 0.1) is 0 Å². The van der Waals surface area contributed by atoms with Crippen molar-refractivity contribution in [3.05, 3.63) is 243 Å². The maximum atomic E-state index is 2.26. The van der Waals surface area contributed by atoms with Gasteiger partial charge >= 0.3 is 37.7 Å². The topological polar surface area (TPSA) is 0 Å². The molecule has 0 aromatic heterocycles. The summed E-state index contributed by atoms with van der Waals surface area (Å²) in [6.07, 6.45) is -2.43. The fourth-order valence-electron chi connectivity index (χ4n) is 8.24. The van der Waals surface area contributed by atoms with Crippen molar-refractivity contribution in [3.8, 4) is 0 Å². The number of halogens is 1. The maximum Gasteiger partial charge on any atom is 2.00 e. The molecule has 4 heteroatoms. The molecular formula is C48H41B2CaI. The molecule has 0 radical (unpaired) electrons. The zero-order valence-corrected chi connectivity index (χ0v) is 33.9. The van der Waals surface area contributed by atoms with Gasteiger partial charge in [0.1, 0.15) is 12.3 Å². The van der Waals surface area contributed by atoms with Gasteiger partial charge in [-0.05, 0) is 0 Å². The largest absolute Gasteiger partial charge is 2.00 e. The second-order valence-corrected chi connectivity index (χ2v) is 13.0.